The summed E-state index contributed by atoms with van der Waals surface area (Å²) in [4.78, 5) is 25.1. The van der Waals surface area contributed by atoms with E-state index in [1.54, 1.807) is 11.3 Å². The summed E-state index contributed by atoms with van der Waals surface area (Å²) >= 11 is 1.68. The Balaban J connectivity index is 1.77. The van der Waals surface area contributed by atoms with E-state index in [0.717, 1.165) is 12.8 Å². The molecule has 1 saturated carbocycles. The largest absolute Gasteiger partial charge is 0.343 e. The standard InChI is InChI=1S/C17H21N3O2S/c1-11(21)13-10-14(20-19-13)17(22)18-16(15-8-5-9-23-15)12-6-3-2-4-7-12/h5,8-10,12,16H,2-4,6-7H2,1H3,(H,18,22)(H,19,20)/t16-/m1/s1. The lowest BCUT2D eigenvalue weighted by atomic mass is 9.83. The molecule has 2 aromatic heterocycles. The van der Waals surface area contributed by atoms with E-state index in [2.05, 4.69) is 21.6 Å². The van der Waals surface area contributed by atoms with Crippen LogP contribution in [-0.2, 0) is 0 Å². The number of aromatic amines is 1. The Kier molecular flexibility index (Phi) is 4.91. The highest BCUT2D eigenvalue weighted by Crippen LogP contribution is 2.36. The molecule has 0 bridgehead atoms. The van der Waals surface area contributed by atoms with Crippen molar-refractivity contribution < 1.29 is 9.59 Å². The Labute approximate surface area is 139 Å². The average molecular weight is 331 g/mol. The van der Waals surface area contributed by atoms with Gasteiger partial charge in [-0.05, 0) is 36.3 Å². The summed E-state index contributed by atoms with van der Waals surface area (Å²) in [6.45, 7) is 1.44. The fraction of sp³-hybridized carbons (Fsp3) is 0.471. The number of thiophene rings is 1. The zero-order valence-corrected chi connectivity index (χ0v) is 14.0. The minimum atomic E-state index is -0.200. The third-order valence-corrected chi connectivity index (χ3v) is 5.40. The highest BCUT2D eigenvalue weighted by atomic mass is 32.1. The van der Waals surface area contributed by atoms with Crippen molar-refractivity contribution in [2.75, 3.05) is 0 Å². The third-order valence-electron chi connectivity index (χ3n) is 4.44. The van der Waals surface area contributed by atoms with Gasteiger partial charge in [0, 0.05) is 11.8 Å². The van der Waals surface area contributed by atoms with Crippen LogP contribution in [0, 0.1) is 5.92 Å². The van der Waals surface area contributed by atoms with Gasteiger partial charge in [-0.25, -0.2) is 0 Å². The molecule has 2 N–H and O–H groups in total. The van der Waals surface area contributed by atoms with Crippen molar-refractivity contribution in [1.82, 2.24) is 15.5 Å². The maximum absolute atomic E-state index is 12.5. The van der Waals surface area contributed by atoms with Gasteiger partial charge in [0.2, 0.25) is 0 Å². The van der Waals surface area contributed by atoms with Crippen LogP contribution in [0.1, 0.15) is 70.9 Å². The fourth-order valence-electron chi connectivity index (χ4n) is 3.19. The van der Waals surface area contributed by atoms with Crippen LogP contribution in [0.25, 0.3) is 0 Å². The maximum Gasteiger partial charge on any atom is 0.269 e. The van der Waals surface area contributed by atoms with Crippen molar-refractivity contribution in [2.24, 2.45) is 5.92 Å². The molecule has 122 valence electrons. The Hall–Kier alpha value is -1.95. The van der Waals surface area contributed by atoms with Gasteiger partial charge in [0.15, 0.2) is 5.78 Å². The van der Waals surface area contributed by atoms with Crippen molar-refractivity contribution in [3.8, 4) is 0 Å². The van der Waals surface area contributed by atoms with Crippen LogP contribution in [-0.4, -0.2) is 21.9 Å². The number of rotatable bonds is 5. The molecule has 0 aromatic carbocycles. The zero-order valence-electron chi connectivity index (χ0n) is 13.2. The van der Waals surface area contributed by atoms with Gasteiger partial charge in [-0.2, -0.15) is 5.10 Å². The second-order valence-electron chi connectivity index (χ2n) is 6.09. The molecule has 0 saturated heterocycles. The van der Waals surface area contributed by atoms with Crippen LogP contribution in [0.15, 0.2) is 23.6 Å². The molecule has 1 aliphatic carbocycles. The van der Waals surface area contributed by atoms with E-state index in [0.29, 0.717) is 17.3 Å². The Bertz CT molecular complexity index is 672. The molecule has 5 nitrogen and oxygen atoms in total. The van der Waals surface area contributed by atoms with Gasteiger partial charge in [0.1, 0.15) is 11.4 Å². The zero-order chi connectivity index (χ0) is 16.2. The second kappa shape index (κ2) is 7.08. The van der Waals surface area contributed by atoms with Crippen molar-refractivity contribution >= 4 is 23.0 Å². The first-order chi connectivity index (χ1) is 11.1. The van der Waals surface area contributed by atoms with Gasteiger partial charge in [-0.15, -0.1) is 11.3 Å². The van der Waals surface area contributed by atoms with E-state index in [4.69, 9.17) is 0 Å². The third kappa shape index (κ3) is 3.69. The fourth-order valence-corrected chi connectivity index (χ4v) is 4.06. The number of nitrogens with zero attached hydrogens (tertiary/aromatic N) is 1. The van der Waals surface area contributed by atoms with Gasteiger partial charge in [-0.3, -0.25) is 14.7 Å². The summed E-state index contributed by atoms with van der Waals surface area (Å²) in [6.07, 6.45) is 6.01. The lowest BCUT2D eigenvalue weighted by Crippen LogP contribution is -2.34. The molecule has 3 rings (SSSR count). The first-order valence-corrected chi connectivity index (χ1v) is 8.93. The smallest absolute Gasteiger partial charge is 0.269 e. The number of carbonyl (C=O) groups excluding carboxylic acids is 2. The number of hydrogen-bond donors (Lipinski definition) is 2. The van der Waals surface area contributed by atoms with Crippen molar-refractivity contribution in [3.63, 3.8) is 0 Å². The van der Waals surface area contributed by atoms with Gasteiger partial charge >= 0.3 is 0 Å². The highest BCUT2D eigenvalue weighted by molar-refractivity contribution is 7.10. The predicted molar refractivity (Wildman–Crippen MR) is 89.7 cm³/mol. The molecule has 1 amide bonds. The topological polar surface area (TPSA) is 74.8 Å². The summed E-state index contributed by atoms with van der Waals surface area (Å²) in [5.41, 5.74) is 0.632. The molecular formula is C17H21N3O2S. The Morgan fingerprint density at radius 3 is 2.74 bits per heavy atom. The molecule has 2 heterocycles. The lowest BCUT2D eigenvalue weighted by Gasteiger charge is -2.30. The number of Topliss-reactive ketones (excluding diaryl/α,β-unsaturated/α-hetero) is 1. The molecule has 0 aliphatic heterocycles. The summed E-state index contributed by atoms with van der Waals surface area (Å²) < 4.78 is 0. The molecule has 23 heavy (non-hydrogen) atoms. The molecule has 0 radical (unpaired) electrons. The number of amides is 1. The van der Waals surface area contributed by atoms with Crippen LogP contribution in [0.5, 0.6) is 0 Å². The van der Waals surface area contributed by atoms with Crippen molar-refractivity contribution in [1.29, 1.82) is 0 Å². The Morgan fingerprint density at radius 2 is 2.13 bits per heavy atom. The maximum atomic E-state index is 12.5. The predicted octanol–water partition coefficient (Wildman–Crippen LogP) is 3.73. The van der Waals surface area contributed by atoms with Crippen LogP contribution >= 0.6 is 11.3 Å². The van der Waals surface area contributed by atoms with E-state index in [-0.39, 0.29) is 17.7 Å². The van der Waals surface area contributed by atoms with Crippen LogP contribution < -0.4 is 5.32 Å². The van der Waals surface area contributed by atoms with Crippen LogP contribution in [0.3, 0.4) is 0 Å². The minimum Gasteiger partial charge on any atom is -0.343 e. The van der Waals surface area contributed by atoms with Gasteiger partial charge in [0.25, 0.3) is 5.91 Å². The Morgan fingerprint density at radius 1 is 1.35 bits per heavy atom. The number of aromatic nitrogens is 2. The number of ketones is 1. The molecule has 1 aliphatic rings. The minimum absolute atomic E-state index is 0.0341. The lowest BCUT2D eigenvalue weighted by molar-refractivity contribution is 0.0908. The number of nitrogens with one attached hydrogen (secondary N) is 2. The van der Waals surface area contributed by atoms with E-state index in [1.807, 2.05) is 11.4 Å². The van der Waals surface area contributed by atoms with Gasteiger partial charge in [-0.1, -0.05) is 25.3 Å². The monoisotopic (exact) mass is 331 g/mol. The van der Waals surface area contributed by atoms with Gasteiger partial charge < -0.3 is 5.32 Å². The van der Waals surface area contributed by atoms with E-state index < -0.39 is 0 Å². The molecular weight excluding hydrogens is 310 g/mol. The molecule has 0 unspecified atom stereocenters. The molecule has 0 spiro atoms. The number of carbonyl (C=O) groups is 2. The molecule has 2 aromatic rings. The van der Waals surface area contributed by atoms with Crippen molar-refractivity contribution in [2.45, 2.75) is 45.1 Å². The summed E-state index contributed by atoms with van der Waals surface area (Å²) in [5.74, 6) is 0.123. The molecule has 1 atom stereocenters. The quantitative estimate of drug-likeness (QED) is 0.820. The first-order valence-electron chi connectivity index (χ1n) is 8.06. The summed E-state index contributed by atoms with van der Waals surface area (Å²) in [5, 5.41) is 11.7. The van der Waals surface area contributed by atoms with E-state index >= 15 is 0 Å². The number of hydrogen-bond acceptors (Lipinski definition) is 4. The highest BCUT2D eigenvalue weighted by Gasteiger charge is 2.28. The van der Waals surface area contributed by atoms with E-state index in [1.165, 1.54) is 37.1 Å². The number of H-pyrrole nitrogens is 1. The van der Waals surface area contributed by atoms with Gasteiger partial charge in [0.05, 0.1) is 6.04 Å². The first kappa shape index (κ1) is 15.9. The van der Waals surface area contributed by atoms with E-state index in [9.17, 15) is 9.59 Å². The SMILES string of the molecule is CC(=O)c1cc(C(=O)N[C@@H](c2cccs2)C2CCCCC2)[nH]n1. The van der Waals surface area contributed by atoms with Crippen LogP contribution in [0.2, 0.25) is 0 Å². The summed E-state index contributed by atoms with van der Waals surface area (Å²) in [7, 11) is 0. The molecule has 6 heteroatoms. The average Bonchev–Trinajstić information content (AvgIpc) is 3.24. The van der Waals surface area contributed by atoms with Crippen molar-refractivity contribution in [3.05, 3.63) is 39.8 Å². The van der Waals surface area contributed by atoms with Crippen LogP contribution in [0.4, 0.5) is 0 Å². The molecule has 1 fully saturated rings. The second-order valence-corrected chi connectivity index (χ2v) is 7.07. The summed E-state index contributed by atoms with van der Waals surface area (Å²) in [6, 6.07) is 5.65. The normalized spacial score (nSPS) is 16.9.